The first-order valence-electron chi connectivity index (χ1n) is 3.68. The molecule has 1 heterocycles. The summed E-state index contributed by atoms with van der Waals surface area (Å²) in [6.07, 6.45) is 0.0115. The van der Waals surface area contributed by atoms with Crippen molar-refractivity contribution in [3.63, 3.8) is 0 Å². The Balaban J connectivity index is 2.84. The maximum Gasteiger partial charge on any atom is 0.229 e. The molecule has 3 nitrogen and oxygen atoms in total. The van der Waals surface area contributed by atoms with Crippen LogP contribution in [-0.2, 0) is 4.79 Å². The minimum atomic E-state index is -0.469. The van der Waals surface area contributed by atoms with Crippen molar-refractivity contribution in [3.8, 4) is 11.8 Å². The largest absolute Gasteiger partial charge is 0.369 e. The molecule has 0 spiro atoms. The summed E-state index contributed by atoms with van der Waals surface area (Å²) in [5, 5.41) is 0.529. The average molecular weight is 229 g/mol. The van der Waals surface area contributed by atoms with E-state index >= 15 is 0 Å². The van der Waals surface area contributed by atoms with Gasteiger partial charge in [0.05, 0.1) is 6.42 Å². The van der Waals surface area contributed by atoms with Crippen LogP contribution in [0, 0.1) is 11.8 Å². The monoisotopic (exact) mass is 228 g/mol. The molecule has 1 aromatic rings. The number of primary amides is 1. The third-order valence-electron chi connectivity index (χ3n) is 1.26. The zero-order valence-electron chi connectivity index (χ0n) is 7.05. The van der Waals surface area contributed by atoms with Crippen LogP contribution in [0.15, 0.2) is 12.1 Å². The van der Waals surface area contributed by atoms with Crippen molar-refractivity contribution in [1.29, 1.82) is 0 Å². The first-order valence-corrected chi connectivity index (χ1v) is 4.44. The predicted molar refractivity (Wildman–Crippen MR) is 54.9 cm³/mol. The Labute approximate surface area is 91.2 Å². The molecular formula is C9H6Cl2N2O. The molecule has 0 aliphatic carbocycles. The van der Waals surface area contributed by atoms with E-state index in [2.05, 4.69) is 16.8 Å². The quantitative estimate of drug-likeness (QED) is 0.587. The van der Waals surface area contributed by atoms with Crippen LogP contribution < -0.4 is 5.73 Å². The topological polar surface area (TPSA) is 56.0 Å². The maximum atomic E-state index is 10.4. The molecule has 14 heavy (non-hydrogen) atoms. The Morgan fingerprint density at radius 2 is 2.00 bits per heavy atom. The van der Waals surface area contributed by atoms with Crippen molar-refractivity contribution in [2.45, 2.75) is 6.42 Å². The number of carbonyl (C=O) groups is 1. The maximum absolute atomic E-state index is 10.4. The average Bonchev–Trinajstić information content (AvgIpc) is 2.01. The second-order valence-electron chi connectivity index (χ2n) is 2.45. The fourth-order valence-corrected chi connectivity index (χ4v) is 1.23. The van der Waals surface area contributed by atoms with E-state index in [-0.39, 0.29) is 16.7 Å². The first-order chi connectivity index (χ1) is 6.58. The van der Waals surface area contributed by atoms with Gasteiger partial charge >= 0.3 is 0 Å². The van der Waals surface area contributed by atoms with E-state index < -0.39 is 5.91 Å². The van der Waals surface area contributed by atoms with Crippen molar-refractivity contribution in [2.24, 2.45) is 5.73 Å². The van der Waals surface area contributed by atoms with Crippen LogP contribution in [0.4, 0.5) is 0 Å². The molecule has 0 aromatic carbocycles. The SMILES string of the molecule is NC(=O)CC#Cc1cc(Cl)nc(Cl)c1. The number of nitrogens with two attached hydrogens (primary N) is 1. The van der Waals surface area contributed by atoms with Crippen LogP contribution >= 0.6 is 23.2 Å². The normalized spacial score (nSPS) is 9.00. The zero-order valence-corrected chi connectivity index (χ0v) is 8.56. The lowest BCUT2D eigenvalue weighted by Crippen LogP contribution is -2.08. The lowest BCUT2D eigenvalue weighted by atomic mass is 10.2. The minimum Gasteiger partial charge on any atom is -0.369 e. The number of aromatic nitrogens is 1. The van der Waals surface area contributed by atoms with Gasteiger partial charge in [-0.05, 0) is 12.1 Å². The molecule has 1 rings (SSSR count). The van der Waals surface area contributed by atoms with Crippen LogP contribution in [0.5, 0.6) is 0 Å². The van der Waals surface area contributed by atoms with Gasteiger partial charge in [-0.25, -0.2) is 4.98 Å². The summed E-state index contributed by atoms with van der Waals surface area (Å²) in [5.74, 6) is 4.82. The molecule has 0 bridgehead atoms. The van der Waals surface area contributed by atoms with Gasteiger partial charge in [0.1, 0.15) is 10.3 Å². The fourth-order valence-electron chi connectivity index (χ4n) is 0.770. The van der Waals surface area contributed by atoms with Crippen LogP contribution in [0.3, 0.4) is 0 Å². The molecule has 0 radical (unpaired) electrons. The molecule has 72 valence electrons. The highest BCUT2D eigenvalue weighted by atomic mass is 35.5. The molecule has 1 aromatic heterocycles. The Bertz CT molecular complexity index is 400. The standard InChI is InChI=1S/C9H6Cl2N2O/c10-7-4-6(5-8(11)13-7)2-1-3-9(12)14/h4-5H,3H2,(H2,12,14). The number of hydrogen-bond acceptors (Lipinski definition) is 2. The van der Waals surface area contributed by atoms with E-state index in [1.54, 1.807) is 12.1 Å². The summed E-state index contributed by atoms with van der Waals surface area (Å²) >= 11 is 11.3. The summed E-state index contributed by atoms with van der Waals surface area (Å²) in [6.45, 7) is 0. The molecule has 0 aliphatic heterocycles. The molecule has 1 amide bonds. The van der Waals surface area contributed by atoms with Gasteiger partial charge in [-0.15, -0.1) is 0 Å². The smallest absolute Gasteiger partial charge is 0.229 e. The van der Waals surface area contributed by atoms with Gasteiger partial charge in [-0.3, -0.25) is 4.79 Å². The van der Waals surface area contributed by atoms with E-state index in [0.717, 1.165) is 0 Å². The van der Waals surface area contributed by atoms with Crippen LogP contribution in [-0.4, -0.2) is 10.9 Å². The summed E-state index contributed by atoms with van der Waals surface area (Å²) in [6, 6.07) is 3.11. The van der Waals surface area contributed by atoms with Crippen molar-refractivity contribution in [3.05, 3.63) is 28.0 Å². The molecule has 0 fully saturated rings. The predicted octanol–water partition coefficient (Wildman–Crippen LogP) is 1.62. The molecule has 0 unspecified atom stereocenters. The van der Waals surface area contributed by atoms with Crippen molar-refractivity contribution in [2.75, 3.05) is 0 Å². The van der Waals surface area contributed by atoms with Gasteiger partial charge in [-0.2, -0.15) is 0 Å². The first kappa shape index (κ1) is 10.8. The Hall–Kier alpha value is -1.24. The molecule has 2 N–H and O–H groups in total. The Kier molecular flexibility index (Phi) is 3.75. The lowest BCUT2D eigenvalue weighted by molar-refractivity contribution is -0.117. The number of pyridine rings is 1. The summed E-state index contributed by atoms with van der Waals surface area (Å²) in [4.78, 5) is 14.1. The van der Waals surface area contributed by atoms with Gasteiger partial charge in [-0.1, -0.05) is 35.0 Å². The summed E-state index contributed by atoms with van der Waals surface area (Å²) in [7, 11) is 0. The number of rotatable bonds is 1. The van der Waals surface area contributed by atoms with E-state index in [0.29, 0.717) is 5.56 Å². The second kappa shape index (κ2) is 4.85. The van der Waals surface area contributed by atoms with E-state index in [9.17, 15) is 4.79 Å². The molecular weight excluding hydrogens is 223 g/mol. The number of halogens is 2. The molecule has 0 atom stereocenters. The van der Waals surface area contributed by atoms with Gasteiger partial charge in [0.15, 0.2) is 0 Å². The second-order valence-corrected chi connectivity index (χ2v) is 3.22. The Morgan fingerprint density at radius 1 is 1.43 bits per heavy atom. The van der Waals surface area contributed by atoms with Gasteiger partial charge in [0, 0.05) is 5.56 Å². The highest BCUT2D eigenvalue weighted by Gasteiger charge is 1.96. The molecule has 0 saturated heterocycles. The van der Waals surface area contributed by atoms with Gasteiger partial charge in [0.2, 0.25) is 5.91 Å². The van der Waals surface area contributed by atoms with Gasteiger partial charge < -0.3 is 5.73 Å². The third-order valence-corrected chi connectivity index (χ3v) is 1.65. The van der Waals surface area contributed by atoms with E-state index in [1.807, 2.05) is 0 Å². The number of nitrogens with zero attached hydrogens (tertiary/aromatic N) is 1. The summed E-state index contributed by atoms with van der Waals surface area (Å²) in [5.41, 5.74) is 5.52. The third kappa shape index (κ3) is 3.65. The van der Waals surface area contributed by atoms with Crippen molar-refractivity contribution >= 4 is 29.1 Å². The fraction of sp³-hybridized carbons (Fsp3) is 0.111. The Morgan fingerprint density at radius 3 is 2.50 bits per heavy atom. The summed E-state index contributed by atoms with van der Waals surface area (Å²) < 4.78 is 0. The van der Waals surface area contributed by atoms with Crippen LogP contribution in [0.25, 0.3) is 0 Å². The number of amides is 1. The molecule has 0 aliphatic rings. The van der Waals surface area contributed by atoms with Crippen LogP contribution in [0.2, 0.25) is 10.3 Å². The molecule has 0 saturated carbocycles. The minimum absolute atomic E-state index is 0.0115. The van der Waals surface area contributed by atoms with E-state index in [4.69, 9.17) is 28.9 Å². The highest BCUT2D eigenvalue weighted by Crippen LogP contribution is 2.13. The lowest BCUT2D eigenvalue weighted by Gasteiger charge is -1.93. The van der Waals surface area contributed by atoms with Gasteiger partial charge in [0.25, 0.3) is 0 Å². The van der Waals surface area contributed by atoms with Crippen molar-refractivity contribution in [1.82, 2.24) is 4.98 Å². The van der Waals surface area contributed by atoms with Crippen LogP contribution in [0.1, 0.15) is 12.0 Å². The number of hydrogen-bond donors (Lipinski definition) is 1. The number of carbonyl (C=O) groups excluding carboxylic acids is 1. The highest BCUT2D eigenvalue weighted by molar-refractivity contribution is 6.32. The van der Waals surface area contributed by atoms with E-state index in [1.165, 1.54) is 0 Å². The molecule has 5 heteroatoms. The zero-order chi connectivity index (χ0) is 10.6. The van der Waals surface area contributed by atoms with Crippen molar-refractivity contribution < 1.29 is 4.79 Å².